The Morgan fingerprint density at radius 1 is 1.24 bits per heavy atom. The smallest absolute Gasteiger partial charge is 0.191 e. The molecule has 1 aliphatic carbocycles. The first-order valence-electron chi connectivity index (χ1n) is 10.1. The average Bonchev–Trinajstić information content (AvgIpc) is 3.41. The largest absolute Gasteiger partial charge is 0.381 e. The zero-order valence-corrected chi connectivity index (χ0v) is 16.0. The minimum atomic E-state index is 0.520. The summed E-state index contributed by atoms with van der Waals surface area (Å²) in [5, 5.41) is 7.02. The van der Waals surface area contributed by atoms with E-state index in [0.29, 0.717) is 18.0 Å². The molecule has 25 heavy (non-hydrogen) atoms. The SMILES string of the molecule is CN=C(NCCCOCC1CCOCC1)NC1CC(C)N(C2CC2)C1. The molecule has 2 aliphatic heterocycles. The molecule has 144 valence electrons. The number of nitrogens with one attached hydrogen (secondary N) is 2. The van der Waals surface area contributed by atoms with Gasteiger partial charge in [-0.2, -0.15) is 0 Å². The Balaban J connectivity index is 1.24. The van der Waals surface area contributed by atoms with Gasteiger partial charge in [0.25, 0.3) is 0 Å². The summed E-state index contributed by atoms with van der Waals surface area (Å²) in [4.78, 5) is 7.04. The third-order valence-corrected chi connectivity index (χ3v) is 5.66. The molecule has 2 N–H and O–H groups in total. The summed E-state index contributed by atoms with van der Waals surface area (Å²) in [6.45, 7) is 7.91. The predicted molar refractivity (Wildman–Crippen MR) is 101 cm³/mol. The van der Waals surface area contributed by atoms with E-state index in [9.17, 15) is 0 Å². The molecule has 2 heterocycles. The lowest BCUT2D eigenvalue weighted by Gasteiger charge is -2.22. The van der Waals surface area contributed by atoms with Gasteiger partial charge in [-0.3, -0.25) is 9.89 Å². The van der Waals surface area contributed by atoms with E-state index in [2.05, 4.69) is 27.4 Å². The molecule has 3 aliphatic rings. The molecule has 2 saturated heterocycles. The summed E-state index contributed by atoms with van der Waals surface area (Å²) in [5.74, 6) is 1.62. The number of ether oxygens (including phenoxy) is 2. The van der Waals surface area contributed by atoms with Crippen LogP contribution in [0.15, 0.2) is 4.99 Å². The van der Waals surface area contributed by atoms with Crippen LogP contribution in [-0.2, 0) is 9.47 Å². The molecule has 6 heteroatoms. The summed E-state index contributed by atoms with van der Waals surface area (Å²) in [5.41, 5.74) is 0. The molecule has 6 nitrogen and oxygen atoms in total. The number of hydrogen-bond donors (Lipinski definition) is 2. The summed E-state index contributed by atoms with van der Waals surface area (Å²) < 4.78 is 11.2. The zero-order chi connectivity index (χ0) is 17.5. The number of rotatable bonds is 8. The lowest BCUT2D eigenvalue weighted by molar-refractivity contribution is 0.0203. The van der Waals surface area contributed by atoms with Crippen molar-refractivity contribution in [3.8, 4) is 0 Å². The van der Waals surface area contributed by atoms with Crippen molar-refractivity contribution in [2.45, 2.75) is 63.6 Å². The van der Waals surface area contributed by atoms with E-state index in [-0.39, 0.29) is 0 Å². The first-order chi connectivity index (χ1) is 12.3. The van der Waals surface area contributed by atoms with Crippen LogP contribution in [0.4, 0.5) is 0 Å². The Labute approximate surface area is 152 Å². The summed E-state index contributed by atoms with van der Waals surface area (Å²) in [7, 11) is 1.86. The van der Waals surface area contributed by atoms with Crippen LogP contribution in [0.1, 0.15) is 45.4 Å². The topological polar surface area (TPSA) is 58.1 Å². The van der Waals surface area contributed by atoms with Crippen LogP contribution in [0.3, 0.4) is 0 Å². The summed E-state index contributed by atoms with van der Waals surface area (Å²) in [6, 6.07) is 2.07. The van der Waals surface area contributed by atoms with Crippen LogP contribution >= 0.6 is 0 Å². The molecule has 3 rings (SSSR count). The fraction of sp³-hybridized carbons (Fsp3) is 0.947. The highest BCUT2D eigenvalue weighted by Gasteiger charge is 2.38. The Morgan fingerprint density at radius 3 is 2.76 bits per heavy atom. The standard InChI is InChI=1S/C19H36N4O2/c1-15-12-17(13-23(15)18-4-5-18)22-19(20-2)21-8-3-9-25-14-16-6-10-24-11-7-16/h15-18H,3-14H2,1-2H3,(H2,20,21,22). The van der Waals surface area contributed by atoms with Crippen LogP contribution in [0, 0.1) is 5.92 Å². The number of guanidine groups is 1. The number of likely N-dealkylation sites (tertiary alicyclic amines) is 1. The lowest BCUT2D eigenvalue weighted by atomic mass is 10.0. The molecule has 0 aromatic carbocycles. The van der Waals surface area contributed by atoms with Crippen LogP contribution < -0.4 is 10.6 Å². The molecular weight excluding hydrogens is 316 g/mol. The van der Waals surface area contributed by atoms with E-state index in [1.54, 1.807) is 0 Å². The minimum Gasteiger partial charge on any atom is -0.381 e. The van der Waals surface area contributed by atoms with Gasteiger partial charge in [0.2, 0.25) is 0 Å². The van der Waals surface area contributed by atoms with Gasteiger partial charge in [-0.1, -0.05) is 0 Å². The minimum absolute atomic E-state index is 0.520. The Bertz CT molecular complexity index is 422. The van der Waals surface area contributed by atoms with Gasteiger partial charge in [0.1, 0.15) is 0 Å². The maximum Gasteiger partial charge on any atom is 0.191 e. The summed E-state index contributed by atoms with van der Waals surface area (Å²) in [6.07, 6.45) is 7.29. The van der Waals surface area contributed by atoms with E-state index >= 15 is 0 Å². The van der Waals surface area contributed by atoms with Gasteiger partial charge >= 0.3 is 0 Å². The number of nitrogens with zero attached hydrogens (tertiary/aromatic N) is 2. The van der Waals surface area contributed by atoms with Crippen molar-refractivity contribution in [3.05, 3.63) is 0 Å². The van der Waals surface area contributed by atoms with E-state index in [4.69, 9.17) is 9.47 Å². The van der Waals surface area contributed by atoms with E-state index < -0.39 is 0 Å². The highest BCUT2D eigenvalue weighted by molar-refractivity contribution is 5.80. The number of aliphatic imine (C=N–C) groups is 1. The van der Waals surface area contributed by atoms with Gasteiger partial charge in [0, 0.05) is 64.7 Å². The fourth-order valence-corrected chi connectivity index (χ4v) is 4.01. The fourth-order valence-electron chi connectivity index (χ4n) is 4.01. The molecule has 0 spiro atoms. The van der Waals surface area contributed by atoms with Gasteiger partial charge in [-0.25, -0.2) is 0 Å². The molecule has 2 unspecified atom stereocenters. The molecule has 0 aromatic rings. The van der Waals surface area contributed by atoms with Crippen molar-refractivity contribution in [1.82, 2.24) is 15.5 Å². The van der Waals surface area contributed by atoms with Crippen molar-refractivity contribution >= 4 is 5.96 Å². The maximum absolute atomic E-state index is 5.82. The molecule has 0 aromatic heterocycles. The first-order valence-corrected chi connectivity index (χ1v) is 10.1. The Morgan fingerprint density at radius 2 is 2.04 bits per heavy atom. The van der Waals surface area contributed by atoms with Gasteiger partial charge in [0.05, 0.1) is 0 Å². The molecule has 0 bridgehead atoms. The van der Waals surface area contributed by atoms with Gasteiger partial charge in [0.15, 0.2) is 5.96 Å². The van der Waals surface area contributed by atoms with Crippen LogP contribution in [0.2, 0.25) is 0 Å². The van der Waals surface area contributed by atoms with Crippen molar-refractivity contribution < 1.29 is 9.47 Å². The maximum atomic E-state index is 5.82. The van der Waals surface area contributed by atoms with Crippen LogP contribution in [0.5, 0.6) is 0 Å². The van der Waals surface area contributed by atoms with Crippen molar-refractivity contribution in [2.75, 3.05) is 46.6 Å². The Hall–Kier alpha value is -0.850. The first kappa shape index (κ1) is 18.9. The van der Waals surface area contributed by atoms with Crippen molar-refractivity contribution in [3.63, 3.8) is 0 Å². The van der Waals surface area contributed by atoms with Gasteiger partial charge in [-0.05, 0) is 51.4 Å². The van der Waals surface area contributed by atoms with Gasteiger partial charge < -0.3 is 20.1 Å². The second kappa shape index (κ2) is 9.74. The Kier molecular flexibility index (Phi) is 7.37. The molecule has 1 saturated carbocycles. The lowest BCUT2D eigenvalue weighted by Crippen LogP contribution is -2.45. The zero-order valence-electron chi connectivity index (χ0n) is 16.0. The highest BCUT2D eigenvalue weighted by Crippen LogP contribution is 2.33. The third kappa shape index (κ3) is 6.12. The summed E-state index contributed by atoms with van der Waals surface area (Å²) >= 11 is 0. The normalized spacial score (nSPS) is 29.1. The quantitative estimate of drug-likeness (QED) is 0.395. The second-order valence-electron chi connectivity index (χ2n) is 7.84. The highest BCUT2D eigenvalue weighted by atomic mass is 16.5. The van der Waals surface area contributed by atoms with Crippen molar-refractivity contribution in [1.29, 1.82) is 0 Å². The van der Waals surface area contributed by atoms with Crippen molar-refractivity contribution in [2.24, 2.45) is 10.9 Å². The number of hydrogen-bond acceptors (Lipinski definition) is 4. The van der Waals surface area contributed by atoms with Crippen LogP contribution in [0.25, 0.3) is 0 Å². The van der Waals surface area contributed by atoms with Gasteiger partial charge in [-0.15, -0.1) is 0 Å². The van der Waals surface area contributed by atoms with E-state index in [1.807, 2.05) is 7.05 Å². The van der Waals surface area contributed by atoms with E-state index in [1.165, 1.54) is 19.3 Å². The molecule has 3 fully saturated rings. The second-order valence-corrected chi connectivity index (χ2v) is 7.84. The average molecular weight is 353 g/mol. The third-order valence-electron chi connectivity index (χ3n) is 5.66. The molecule has 2 atom stereocenters. The monoisotopic (exact) mass is 352 g/mol. The van der Waals surface area contributed by atoms with Crippen LogP contribution in [-0.4, -0.2) is 75.5 Å². The molecule has 0 amide bonds. The molecule has 0 radical (unpaired) electrons. The predicted octanol–water partition coefficient (Wildman–Crippen LogP) is 1.61. The molecular formula is C19H36N4O2. The van der Waals surface area contributed by atoms with E-state index in [0.717, 1.165) is 70.8 Å².